The van der Waals surface area contributed by atoms with Crippen molar-refractivity contribution >= 4 is 33.9 Å². The van der Waals surface area contributed by atoms with Crippen molar-refractivity contribution in [2.45, 2.75) is 27.7 Å². The molecule has 0 saturated heterocycles. The van der Waals surface area contributed by atoms with E-state index in [-0.39, 0.29) is 11.6 Å². The summed E-state index contributed by atoms with van der Waals surface area (Å²) in [5, 5.41) is 0. The Bertz CT molecular complexity index is 1110. The lowest BCUT2D eigenvalue weighted by atomic mass is 9.78. The SMILES string of the molecule is CC(C)(C=CC(C)(C)C(=O)c1cccc2ooc12)C(=O)c1cccc2ooc12. The molecule has 0 aliphatic heterocycles. The second-order valence-electron chi connectivity index (χ2n) is 8.03. The van der Waals surface area contributed by atoms with Crippen LogP contribution < -0.4 is 0 Å². The van der Waals surface area contributed by atoms with Crippen molar-refractivity contribution in [1.29, 1.82) is 0 Å². The number of hydrogen-bond acceptors (Lipinski definition) is 6. The van der Waals surface area contributed by atoms with Crippen molar-refractivity contribution in [2.24, 2.45) is 10.8 Å². The fourth-order valence-electron chi connectivity index (χ4n) is 3.06. The second-order valence-corrected chi connectivity index (χ2v) is 8.03. The van der Waals surface area contributed by atoms with Crippen molar-refractivity contribution < 1.29 is 27.9 Å². The highest BCUT2D eigenvalue weighted by molar-refractivity contribution is 6.10. The number of Topliss-reactive ketones (excluding diaryl/α,β-unsaturated/α-hetero) is 2. The van der Waals surface area contributed by atoms with E-state index in [1.807, 2.05) is 0 Å². The quantitative estimate of drug-likeness (QED) is 0.230. The van der Waals surface area contributed by atoms with Crippen molar-refractivity contribution in [1.82, 2.24) is 0 Å². The average molecular weight is 380 g/mol. The van der Waals surface area contributed by atoms with Crippen molar-refractivity contribution in [2.75, 3.05) is 0 Å². The summed E-state index contributed by atoms with van der Waals surface area (Å²) in [5.74, 6) is -0.236. The molecule has 0 bridgehead atoms. The maximum atomic E-state index is 13.0. The summed E-state index contributed by atoms with van der Waals surface area (Å²) in [7, 11) is 0. The fraction of sp³-hybridized carbons (Fsp3) is 0.273. The van der Waals surface area contributed by atoms with Gasteiger partial charge in [0, 0.05) is 10.8 Å². The van der Waals surface area contributed by atoms with E-state index < -0.39 is 10.8 Å². The first-order valence-electron chi connectivity index (χ1n) is 8.96. The molecule has 0 unspecified atom stereocenters. The van der Waals surface area contributed by atoms with E-state index in [1.165, 1.54) is 0 Å². The number of hydrogen-bond donors (Lipinski definition) is 0. The molecule has 0 aliphatic rings. The van der Waals surface area contributed by atoms with Gasteiger partial charge in [0.25, 0.3) is 0 Å². The maximum Gasteiger partial charge on any atom is 0.236 e. The summed E-state index contributed by atoms with van der Waals surface area (Å²) < 4.78 is 19.7. The van der Waals surface area contributed by atoms with Crippen LogP contribution in [0, 0.1) is 10.8 Å². The smallest absolute Gasteiger partial charge is 0.236 e. The summed E-state index contributed by atoms with van der Waals surface area (Å²) in [4.78, 5) is 26.1. The zero-order chi connectivity index (χ0) is 20.1. The summed E-state index contributed by atoms with van der Waals surface area (Å²) in [6, 6.07) is 10.4. The first-order valence-corrected chi connectivity index (χ1v) is 8.96. The van der Waals surface area contributed by atoms with Gasteiger partial charge in [-0.2, -0.15) is 0 Å². The lowest BCUT2D eigenvalue weighted by molar-refractivity contribution is 0.0567. The van der Waals surface area contributed by atoms with Crippen LogP contribution in [0.3, 0.4) is 0 Å². The number of ketones is 2. The Labute approximate surface area is 160 Å². The predicted molar refractivity (Wildman–Crippen MR) is 102 cm³/mol. The molecule has 144 valence electrons. The lowest BCUT2D eigenvalue weighted by Gasteiger charge is -2.24. The third-order valence-corrected chi connectivity index (χ3v) is 4.96. The van der Waals surface area contributed by atoms with Gasteiger partial charge in [0.05, 0.1) is 11.1 Å². The molecule has 28 heavy (non-hydrogen) atoms. The molecule has 0 saturated carbocycles. The summed E-state index contributed by atoms with van der Waals surface area (Å²) in [5.41, 5.74) is 1.22. The molecule has 0 spiro atoms. The van der Waals surface area contributed by atoms with Gasteiger partial charge in [0.2, 0.25) is 22.3 Å². The minimum atomic E-state index is -0.840. The molecule has 2 aromatic heterocycles. The second kappa shape index (κ2) is 6.12. The Balaban J connectivity index is 1.60. The molecule has 6 heteroatoms. The van der Waals surface area contributed by atoms with E-state index in [9.17, 15) is 9.59 Å². The summed E-state index contributed by atoms with van der Waals surface area (Å²) in [6.45, 7) is 7.21. The molecule has 0 radical (unpaired) electrons. The van der Waals surface area contributed by atoms with Crippen molar-refractivity contribution in [3.8, 4) is 0 Å². The molecule has 2 heterocycles. The van der Waals surface area contributed by atoms with E-state index in [1.54, 1.807) is 76.2 Å². The molecular weight excluding hydrogens is 360 g/mol. The van der Waals surface area contributed by atoms with Gasteiger partial charge in [-0.1, -0.05) is 24.3 Å². The highest BCUT2D eigenvalue weighted by atomic mass is 17.0. The van der Waals surface area contributed by atoms with Gasteiger partial charge in [-0.3, -0.25) is 27.9 Å². The van der Waals surface area contributed by atoms with Crippen LogP contribution in [0.5, 0.6) is 0 Å². The molecule has 0 N–H and O–H groups in total. The summed E-state index contributed by atoms with van der Waals surface area (Å²) >= 11 is 0. The molecule has 0 atom stereocenters. The standard InChI is InChI=1S/C22H20O6/c1-21(2,19(23)13-7-5-9-15-17(13)27-25-15)11-12-22(3,4)20(24)14-8-6-10-16-18(14)28-26-16/h5-12H,1-4H3. The van der Waals surface area contributed by atoms with E-state index in [4.69, 9.17) is 18.3 Å². The Morgan fingerprint density at radius 1 is 0.679 bits per heavy atom. The van der Waals surface area contributed by atoms with Gasteiger partial charge in [-0.15, -0.1) is 0 Å². The normalized spacial score (nSPS) is 13.1. The largest absolute Gasteiger partial charge is 0.293 e. The van der Waals surface area contributed by atoms with E-state index in [0.29, 0.717) is 33.5 Å². The first kappa shape index (κ1) is 18.1. The number of carbonyl (C=O) groups excluding carboxylic acids is 2. The minimum Gasteiger partial charge on any atom is -0.293 e. The molecular formula is C22H20O6. The van der Waals surface area contributed by atoms with Crippen LogP contribution in [0.2, 0.25) is 0 Å². The predicted octanol–water partition coefficient (Wildman–Crippen LogP) is 6.04. The maximum absolute atomic E-state index is 13.0. The Hall–Kier alpha value is -3.28. The minimum absolute atomic E-state index is 0.118. The molecule has 0 aliphatic carbocycles. The molecule has 4 rings (SSSR count). The third-order valence-electron chi connectivity index (χ3n) is 4.96. The molecule has 0 amide bonds. The Morgan fingerprint density at radius 3 is 1.39 bits per heavy atom. The molecule has 4 aromatic rings. The van der Waals surface area contributed by atoms with Crippen LogP contribution in [0.25, 0.3) is 22.3 Å². The Kier molecular flexibility index (Phi) is 3.96. The monoisotopic (exact) mass is 380 g/mol. The number of rotatable bonds is 6. The van der Waals surface area contributed by atoms with Crippen LogP contribution in [-0.2, 0) is 0 Å². The highest BCUT2D eigenvalue weighted by Gasteiger charge is 2.33. The third kappa shape index (κ3) is 2.81. The van der Waals surface area contributed by atoms with Crippen molar-refractivity contribution in [3.05, 3.63) is 59.7 Å². The summed E-state index contributed by atoms with van der Waals surface area (Å²) in [6.07, 6.45) is 3.53. The number of carbonyl (C=O) groups is 2. The highest BCUT2D eigenvalue weighted by Crippen LogP contribution is 2.34. The zero-order valence-electron chi connectivity index (χ0n) is 16.1. The van der Waals surface area contributed by atoms with Crippen LogP contribution >= 0.6 is 0 Å². The van der Waals surface area contributed by atoms with Crippen LogP contribution in [0.15, 0.2) is 66.9 Å². The number of allylic oxidation sites excluding steroid dienone is 2. The zero-order valence-corrected chi connectivity index (χ0v) is 16.1. The number of fused-ring (bicyclic) bond motifs is 2. The van der Waals surface area contributed by atoms with E-state index in [2.05, 4.69) is 0 Å². The van der Waals surface area contributed by atoms with Gasteiger partial charge >= 0.3 is 0 Å². The molecule has 6 nitrogen and oxygen atoms in total. The van der Waals surface area contributed by atoms with Crippen molar-refractivity contribution in [3.63, 3.8) is 0 Å². The fourth-order valence-corrected chi connectivity index (χ4v) is 3.06. The van der Waals surface area contributed by atoms with Gasteiger partial charge < -0.3 is 0 Å². The first-order chi connectivity index (χ1) is 13.2. The van der Waals surface area contributed by atoms with Crippen LogP contribution in [-0.4, -0.2) is 11.6 Å². The average Bonchev–Trinajstić information content (AvgIpc) is 2.60. The number of benzene rings is 2. The Morgan fingerprint density at radius 2 is 1.07 bits per heavy atom. The topological polar surface area (TPSA) is 86.7 Å². The van der Waals surface area contributed by atoms with Gasteiger partial charge in [-0.05, 0) is 52.0 Å². The van der Waals surface area contributed by atoms with Gasteiger partial charge in [0.15, 0.2) is 11.6 Å². The van der Waals surface area contributed by atoms with Crippen LogP contribution in [0.4, 0.5) is 0 Å². The van der Waals surface area contributed by atoms with Crippen LogP contribution in [0.1, 0.15) is 48.4 Å². The lowest BCUT2D eigenvalue weighted by Crippen LogP contribution is -2.26. The molecule has 2 aromatic carbocycles. The van der Waals surface area contributed by atoms with E-state index in [0.717, 1.165) is 0 Å². The molecule has 0 fully saturated rings. The van der Waals surface area contributed by atoms with Gasteiger partial charge in [0.1, 0.15) is 0 Å². The van der Waals surface area contributed by atoms with Gasteiger partial charge in [-0.25, -0.2) is 0 Å². The number of para-hydroxylation sites is 2. The van der Waals surface area contributed by atoms with E-state index >= 15 is 0 Å².